The fourth-order valence-corrected chi connectivity index (χ4v) is 4.18. The van der Waals surface area contributed by atoms with Gasteiger partial charge >= 0.3 is 0 Å². The van der Waals surface area contributed by atoms with Crippen LogP contribution in [0.3, 0.4) is 0 Å². The summed E-state index contributed by atoms with van der Waals surface area (Å²) in [7, 11) is 1.43. The van der Waals surface area contributed by atoms with Crippen molar-refractivity contribution in [2.24, 2.45) is 0 Å². The third-order valence-corrected chi connectivity index (χ3v) is 6.09. The number of rotatable bonds is 9. The van der Waals surface area contributed by atoms with E-state index in [0.29, 0.717) is 30.3 Å². The molecule has 35 heavy (non-hydrogen) atoms. The molecule has 0 radical (unpaired) electrons. The van der Waals surface area contributed by atoms with Crippen LogP contribution in [0.4, 0.5) is 4.39 Å². The van der Waals surface area contributed by atoms with Crippen LogP contribution in [0, 0.1) is 5.82 Å². The van der Waals surface area contributed by atoms with E-state index in [1.54, 1.807) is 16.8 Å². The summed E-state index contributed by atoms with van der Waals surface area (Å²) >= 11 is 0. The van der Waals surface area contributed by atoms with Gasteiger partial charge in [-0.15, -0.1) is 10.2 Å². The Labute approximate surface area is 199 Å². The third kappa shape index (κ3) is 4.35. The van der Waals surface area contributed by atoms with Gasteiger partial charge in [0.05, 0.1) is 36.9 Å². The number of nitrogens with one attached hydrogen (secondary N) is 1. The highest BCUT2D eigenvalue weighted by atomic mass is 19.1. The average Bonchev–Trinajstić information content (AvgIpc) is 3.22. The number of pyridine rings is 1. The highest BCUT2D eigenvalue weighted by Gasteiger charge is 2.23. The summed E-state index contributed by atoms with van der Waals surface area (Å²) < 4.78 is 25.3. The number of nitrogens with zero attached hydrogens (tertiary/aromatic N) is 9. The Balaban J connectivity index is 1.12. The van der Waals surface area contributed by atoms with Gasteiger partial charge in [-0.1, -0.05) is 11.3 Å². The molecule has 1 aromatic carbocycles. The van der Waals surface area contributed by atoms with Crippen molar-refractivity contribution in [3.05, 3.63) is 77.5 Å². The van der Waals surface area contributed by atoms with E-state index in [1.807, 2.05) is 12.4 Å². The van der Waals surface area contributed by atoms with Crippen LogP contribution in [0.25, 0.3) is 11.3 Å². The summed E-state index contributed by atoms with van der Waals surface area (Å²) in [4.78, 5) is 4.69. The van der Waals surface area contributed by atoms with Crippen LogP contribution in [0.2, 0.25) is 0 Å². The van der Waals surface area contributed by atoms with Gasteiger partial charge in [0.25, 0.3) is 0 Å². The molecule has 0 saturated heterocycles. The van der Waals surface area contributed by atoms with Gasteiger partial charge < -0.3 is 14.5 Å². The summed E-state index contributed by atoms with van der Waals surface area (Å²) in [5, 5.41) is 22.8. The predicted molar refractivity (Wildman–Crippen MR) is 122 cm³/mol. The molecule has 5 aromatic rings. The molecule has 1 aliphatic carbocycles. The first kappa shape index (κ1) is 21.4. The van der Waals surface area contributed by atoms with Gasteiger partial charge in [-0.05, 0) is 52.9 Å². The number of fused-ring (bicyclic) bond motifs is 1. The van der Waals surface area contributed by atoms with E-state index in [0.717, 1.165) is 17.0 Å². The van der Waals surface area contributed by atoms with Crippen molar-refractivity contribution in [3.63, 3.8) is 0 Å². The Morgan fingerprint density at radius 1 is 1.06 bits per heavy atom. The quantitative estimate of drug-likeness (QED) is 0.346. The lowest BCUT2D eigenvalue weighted by atomic mass is 10.1. The minimum atomic E-state index is -0.464. The van der Waals surface area contributed by atoms with E-state index >= 15 is 0 Å². The van der Waals surface area contributed by atoms with Crippen molar-refractivity contribution in [2.45, 2.75) is 38.4 Å². The van der Waals surface area contributed by atoms with Crippen molar-refractivity contribution in [3.8, 4) is 11.4 Å². The van der Waals surface area contributed by atoms with Crippen LogP contribution in [0.5, 0.6) is 5.75 Å². The van der Waals surface area contributed by atoms with Gasteiger partial charge in [-0.25, -0.2) is 18.7 Å². The highest BCUT2D eigenvalue weighted by Crippen LogP contribution is 2.39. The summed E-state index contributed by atoms with van der Waals surface area (Å²) in [5.74, 6) is 0.389. The molecule has 0 aliphatic heterocycles. The van der Waals surface area contributed by atoms with Gasteiger partial charge in [0.1, 0.15) is 12.0 Å². The molecule has 0 unspecified atom stereocenters. The zero-order chi connectivity index (χ0) is 23.8. The second kappa shape index (κ2) is 8.87. The van der Waals surface area contributed by atoms with Crippen molar-refractivity contribution in [1.29, 1.82) is 0 Å². The van der Waals surface area contributed by atoms with Crippen LogP contribution in [0.1, 0.15) is 41.3 Å². The number of hydrogen-bond acceptors (Lipinski definition) is 8. The molecule has 1 fully saturated rings. The molecule has 178 valence electrons. The Hall–Kier alpha value is -4.19. The van der Waals surface area contributed by atoms with Gasteiger partial charge in [0, 0.05) is 31.0 Å². The third-order valence-electron chi connectivity index (χ3n) is 6.09. The smallest absolute Gasteiger partial charge is 0.171 e. The number of benzene rings is 1. The number of halogens is 1. The summed E-state index contributed by atoms with van der Waals surface area (Å²) in [6, 6.07) is 7.50. The van der Waals surface area contributed by atoms with Crippen LogP contribution >= 0.6 is 0 Å². The maximum absolute atomic E-state index is 15.0. The van der Waals surface area contributed by atoms with Gasteiger partial charge in [0.15, 0.2) is 11.6 Å². The van der Waals surface area contributed by atoms with Crippen molar-refractivity contribution < 1.29 is 9.13 Å². The molecule has 0 atom stereocenters. The lowest BCUT2D eigenvalue weighted by Gasteiger charge is -2.13. The number of aromatic nitrogens is 9. The van der Waals surface area contributed by atoms with Crippen molar-refractivity contribution in [2.75, 3.05) is 7.11 Å². The Kier molecular flexibility index (Phi) is 5.41. The molecular formula is C23H23FN10O. The fraction of sp³-hybridized carbons (Fsp3) is 0.304. The average molecular weight is 475 g/mol. The molecular weight excluding hydrogens is 451 g/mol. The van der Waals surface area contributed by atoms with Crippen molar-refractivity contribution in [1.82, 2.24) is 49.9 Å². The standard InChI is InChI=1S/C23H23FN10O/c1-35-21-6-5-20(34-14-26-29-31-34)19(23(21)24)9-25-8-17-12-33(30-28-17)13-18-11-32-10-16(15-2-3-15)4-7-22(32)27-18/h4-7,10-12,14-15,25H,2-3,8-9,13H2,1H3. The zero-order valence-corrected chi connectivity index (χ0v) is 19.0. The van der Waals surface area contributed by atoms with Gasteiger partial charge in [-0.3, -0.25) is 0 Å². The Morgan fingerprint density at radius 3 is 2.77 bits per heavy atom. The van der Waals surface area contributed by atoms with Crippen LogP contribution in [-0.2, 0) is 19.6 Å². The Morgan fingerprint density at radius 2 is 1.97 bits per heavy atom. The normalized spacial score (nSPS) is 13.5. The first-order valence-electron chi connectivity index (χ1n) is 11.3. The highest BCUT2D eigenvalue weighted by molar-refractivity contribution is 5.46. The number of imidazole rings is 1. The minimum Gasteiger partial charge on any atom is -0.494 e. The molecule has 12 heteroatoms. The van der Waals surface area contributed by atoms with Gasteiger partial charge in [-0.2, -0.15) is 0 Å². The monoisotopic (exact) mass is 474 g/mol. The largest absolute Gasteiger partial charge is 0.494 e. The lowest BCUT2D eigenvalue weighted by Crippen LogP contribution is -2.17. The molecule has 6 rings (SSSR count). The zero-order valence-electron chi connectivity index (χ0n) is 19.0. The number of methoxy groups -OCH3 is 1. The van der Waals surface area contributed by atoms with Crippen molar-refractivity contribution >= 4 is 5.65 Å². The molecule has 0 bridgehead atoms. The second-order valence-electron chi connectivity index (χ2n) is 8.58. The maximum Gasteiger partial charge on any atom is 0.171 e. The van der Waals surface area contributed by atoms with E-state index in [1.165, 1.54) is 36.5 Å². The first-order chi connectivity index (χ1) is 17.2. The minimum absolute atomic E-state index is 0.154. The molecule has 4 aromatic heterocycles. The van der Waals surface area contributed by atoms with E-state index in [4.69, 9.17) is 4.74 Å². The van der Waals surface area contributed by atoms with Crippen LogP contribution in [-0.4, -0.2) is 51.7 Å². The molecule has 1 saturated carbocycles. The number of tetrazole rings is 1. The maximum atomic E-state index is 15.0. The molecule has 0 spiro atoms. The molecule has 0 amide bonds. The van der Waals surface area contributed by atoms with E-state index in [-0.39, 0.29) is 12.3 Å². The summed E-state index contributed by atoms with van der Waals surface area (Å²) in [6.45, 7) is 1.14. The molecule has 1 N–H and O–H groups in total. The number of ether oxygens (including phenoxy) is 1. The second-order valence-corrected chi connectivity index (χ2v) is 8.58. The summed E-state index contributed by atoms with van der Waals surface area (Å²) in [6.07, 6.45) is 10.0. The van der Waals surface area contributed by atoms with Crippen LogP contribution in [0.15, 0.2) is 49.2 Å². The van der Waals surface area contributed by atoms with E-state index in [9.17, 15) is 4.39 Å². The Bertz CT molecular complexity index is 1470. The van der Waals surface area contributed by atoms with Crippen LogP contribution < -0.4 is 10.1 Å². The fourth-order valence-electron chi connectivity index (χ4n) is 4.18. The van der Waals surface area contributed by atoms with Gasteiger partial charge in [0.2, 0.25) is 0 Å². The topological polar surface area (TPSA) is 113 Å². The van der Waals surface area contributed by atoms with E-state index in [2.05, 4.69) is 58.9 Å². The lowest BCUT2D eigenvalue weighted by molar-refractivity contribution is 0.383. The SMILES string of the molecule is COc1ccc(-n2cnnn2)c(CNCc2cn(Cc3cn4cc(C5CC5)ccc4n3)nn2)c1F. The molecule has 1 aliphatic rings. The first-order valence-corrected chi connectivity index (χ1v) is 11.3. The summed E-state index contributed by atoms with van der Waals surface area (Å²) in [5.41, 5.74) is 4.85. The predicted octanol–water partition coefficient (Wildman–Crippen LogP) is 2.26. The van der Waals surface area contributed by atoms with E-state index < -0.39 is 5.82 Å². The molecule has 4 heterocycles. The molecule has 11 nitrogen and oxygen atoms in total. The number of hydrogen-bond donors (Lipinski definition) is 1.